The second-order valence-electron chi connectivity index (χ2n) is 3.64. The van der Waals surface area contributed by atoms with E-state index in [2.05, 4.69) is 20.9 Å². The summed E-state index contributed by atoms with van der Waals surface area (Å²) in [6.45, 7) is 0. The van der Waals surface area contributed by atoms with Gasteiger partial charge < -0.3 is 9.84 Å². The highest BCUT2D eigenvalue weighted by atomic mass is 79.9. The molecule has 0 heterocycles. The first-order valence-electron chi connectivity index (χ1n) is 5.36. The van der Waals surface area contributed by atoms with Gasteiger partial charge in [0.1, 0.15) is 0 Å². The van der Waals surface area contributed by atoms with Crippen LogP contribution in [0.4, 0.5) is 5.69 Å². The second-order valence-corrected chi connectivity index (χ2v) is 4.50. The first-order chi connectivity index (χ1) is 8.70. The van der Waals surface area contributed by atoms with Crippen LogP contribution in [0.3, 0.4) is 0 Å². The van der Waals surface area contributed by atoms with E-state index in [9.17, 15) is 5.11 Å². The number of methoxy groups -OCH3 is 1. The van der Waals surface area contributed by atoms with Crippen molar-refractivity contribution in [3.63, 3.8) is 0 Å². The molecule has 0 atom stereocenters. The molecule has 0 saturated carbocycles. The summed E-state index contributed by atoms with van der Waals surface area (Å²) < 4.78 is 5.98. The number of benzene rings is 2. The number of aliphatic imine (C=N–C) groups is 1. The monoisotopic (exact) mass is 305 g/mol. The molecular formula is C14H12BrNO2. The van der Waals surface area contributed by atoms with E-state index in [1.165, 1.54) is 7.11 Å². The van der Waals surface area contributed by atoms with E-state index in [0.29, 0.717) is 5.75 Å². The van der Waals surface area contributed by atoms with Gasteiger partial charge in [-0.15, -0.1) is 0 Å². The molecule has 0 spiro atoms. The molecule has 2 aromatic carbocycles. The largest absolute Gasteiger partial charge is 0.504 e. The lowest BCUT2D eigenvalue weighted by molar-refractivity contribution is 0.373. The number of phenols is 1. The Morgan fingerprint density at radius 2 is 2.00 bits per heavy atom. The molecule has 0 aliphatic heterocycles. The van der Waals surface area contributed by atoms with Crippen molar-refractivity contribution in [1.29, 1.82) is 0 Å². The second kappa shape index (κ2) is 5.69. The molecule has 0 aliphatic rings. The fraction of sp³-hybridized carbons (Fsp3) is 0.0714. The van der Waals surface area contributed by atoms with Gasteiger partial charge in [-0.2, -0.15) is 0 Å². The molecule has 0 radical (unpaired) electrons. The van der Waals surface area contributed by atoms with E-state index in [-0.39, 0.29) is 5.75 Å². The zero-order valence-corrected chi connectivity index (χ0v) is 11.4. The number of phenolic OH excluding ortho intramolecular Hbond substituents is 1. The molecule has 0 aromatic heterocycles. The topological polar surface area (TPSA) is 41.8 Å². The predicted molar refractivity (Wildman–Crippen MR) is 76.1 cm³/mol. The average molecular weight is 306 g/mol. The predicted octanol–water partition coefficient (Wildman–Crippen LogP) is 3.91. The molecule has 0 fully saturated rings. The molecule has 0 saturated heterocycles. The number of hydrogen-bond acceptors (Lipinski definition) is 3. The van der Waals surface area contributed by atoms with E-state index in [0.717, 1.165) is 15.7 Å². The van der Waals surface area contributed by atoms with Crippen molar-refractivity contribution in [3.05, 3.63) is 52.5 Å². The quantitative estimate of drug-likeness (QED) is 0.873. The van der Waals surface area contributed by atoms with Crippen molar-refractivity contribution in [3.8, 4) is 11.5 Å². The van der Waals surface area contributed by atoms with E-state index >= 15 is 0 Å². The number of nitrogens with zero attached hydrogens (tertiary/aromatic N) is 1. The molecule has 18 heavy (non-hydrogen) atoms. The van der Waals surface area contributed by atoms with Gasteiger partial charge in [0, 0.05) is 10.7 Å². The van der Waals surface area contributed by atoms with Crippen LogP contribution in [0, 0.1) is 0 Å². The summed E-state index contributed by atoms with van der Waals surface area (Å²) in [5.74, 6) is 0.557. The third-order valence-electron chi connectivity index (χ3n) is 2.41. The van der Waals surface area contributed by atoms with Gasteiger partial charge in [0.15, 0.2) is 11.5 Å². The summed E-state index contributed by atoms with van der Waals surface area (Å²) in [5.41, 5.74) is 1.71. The molecule has 0 aliphatic carbocycles. The Hall–Kier alpha value is -1.81. The van der Waals surface area contributed by atoms with Crippen LogP contribution in [0.25, 0.3) is 0 Å². The molecule has 92 valence electrons. The lowest BCUT2D eigenvalue weighted by Gasteiger charge is -2.03. The molecule has 3 nitrogen and oxygen atoms in total. The van der Waals surface area contributed by atoms with E-state index in [4.69, 9.17) is 4.74 Å². The third kappa shape index (κ3) is 2.90. The maximum atomic E-state index is 9.49. The molecule has 2 rings (SSSR count). The summed E-state index contributed by atoms with van der Waals surface area (Å²) in [4.78, 5) is 4.37. The van der Waals surface area contributed by atoms with E-state index in [1.807, 2.05) is 24.3 Å². The molecule has 1 N–H and O–H groups in total. The zero-order valence-electron chi connectivity index (χ0n) is 9.80. The first kappa shape index (κ1) is 12.6. The van der Waals surface area contributed by atoms with Gasteiger partial charge in [-0.25, -0.2) is 0 Å². The van der Waals surface area contributed by atoms with Gasteiger partial charge in [-0.3, -0.25) is 4.99 Å². The third-order valence-corrected chi connectivity index (χ3v) is 3.08. The number of halogens is 1. The number of rotatable bonds is 3. The minimum atomic E-state index is 0.121. The highest BCUT2D eigenvalue weighted by Gasteiger charge is 2.01. The van der Waals surface area contributed by atoms with Crippen LogP contribution in [-0.2, 0) is 0 Å². The van der Waals surface area contributed by atoms with Gasteiger partial charge in [0.2, 0.25) is 0 Å². The molecule has 4 heteroatoms. The van der Waals surface area contributed by atoms with Crippen LogP contribution < -0.4 is 4.74 Å². The lowest BCUT2D eigenvalue weighted by atomic mass is 10.2. The van der Waals surface area contributed by atoms with Gasteiger partial charge in [0.05, 0.1) is 12.8 Å². The molecule has 2 aromatic rings. The van der Waals surface area contributed by atoms with Crippen molar-refractivity contribution in [1.82, 2.24) is 0 Å². The van der Waals surface area contributed by atoms with Gasteiger partial charge in [-0.05, 0) is 51.8 Å². The smallest absolute Gasteiger partial charge is 0.161 e. The fourth-order valence-electron chi connectivity index (χ4n) is 1.48. The van der Waals surface area contributed by atoms with Crippen LogP contribution in [0.1, 0.15) is 5.56 Å². The Morgan fingerprint density at radius 3 is 2.72 bits per heavy atom. The molecule has 0 bridgehead atoms. The molecular weight excluding hydrogens is 294 g/mol. The van der Waals surface area contributed by atoms with Crippen LogP contribution in [0.5, 0.6) is 11.5 Å². The van der Waals surface area contributed by atoms with Crippen molar-refractivity contribution in [2.75, 3.05) is 7.11 Å². The molecule has 0 amide bonds. The number of aromatic hydroxyl groups is 1. The zero-order chi connectivity index (χ0) is 13.0. The highest BCUT2D eigenvalue weighted by Crippen LogP contribution is 2.27. The van der Waals surface area contributed by atoms with Crippen molar-refractivity contribution in [2.24, 2.45) is 4.99 Å². The number of para-hydroxylation sites is 1. The standard InChI is InChI=1S/C14H12BrNO2/c1-18-14-8-10(6-7-13(14)17)9-16-12-5-3-2-4-11(12)15/h2-9,17H,1H3. The number of hydrogen-bond donors (Lipinski definition) is 1. The van der Waals surface area contributed by atoms with Crippen LogP contribution >= 0.6 is 15.9 Å². The SMILES string of the molecule is COc1cc(C=Nc2ccccc2Br)ccc1O. The maximum absolute atomic E-state index is 9.49. The Balaban J connectivity index is 2.27. The maximum Gasteiger partial charge on any atom is 0.161 e. The minimum absolute atomic E-state index is 0.121. The average Bonchev–Trinajstić information content (AvgIpc) is 2.39. The van der Waals surface area contributed by atoms with Gasteiger partial charge in [-0.1, -0.05) is 12.1 Å². The summed E-state index contributed by atoms with van der Waals surface area (Å²) in [6.07, 6.45) is 1.72. The summed E-state index contributed by atoms with van der Waals surface area (Å²) in [7, 11) is 1.52. The lowest BCUT2D eigenvalue weighted by Crippen LogP contribution is -1.86. The summed E-state index contributed by atoms with van der Waals surface area (Å²) in [6, 6.07) is 12.8. The normalized spacial score (nSPS) is 10.8. The minimum Gasteiger partial charge on any atom is -0.504 e. The summed E-state index contributed by atoms with van der Waals surface area (Å²) >= 11 is 3.43. The highest BCUT2D eigenvalue weighted by molar-refractivity contribution is 9.10. The van der Waals surface area contributed by atoms with E-state index < -0.39 is 0 Å². The first-order valence-corrected chi connectivity index (χ1v) is 6.15. The van der Waals surface area contributed by atoms with Crippen molar-refractivity contribution < 1.29 is 9.84 Å². The Bertz CT molecular complexity index is 582. The Kier molecular flexibility index (Phi) is 3.99. The van der Waals surface area contributed by atoms with Crippen LogP contribution in [0.2, 0.25) is 0 Å². The van der Waals surface area contributed by atoms with E-state index in [1.54, 1.807) is 24.4 Å². The van der Waals surface area contributed by atoms with Crippen LogP contribution in [0.15, 0.2) is 51.9 Å². The van der Waals surface area contributed by atoms with Crippen molar-refractivity contribution >= 4 is 27.8 Å². The molecule has 0 unspecified atom stereocenters. The van der Waals surface area contributed by atoms with Gasteiger partial charge >= 0.3 is 0 Å². The number of ether oxygens (including phenoxy) is 1. The fourth-order valence-corrected chi connectivity index (χ4v) is 1.86. The van der Waals surface area contributed by atoms with Crippen molar-refractivity contribution in [2.45, 2.75) is 0 Å². The van der Waals surface area contributed by atoms with Crippen LogP contribution in [-0.4, -0.2) is 18.4 Å². The Morgan fingerprint density at radius 1 is 1.22 bits per heavy atom. The van der Waals surface area contributed by atoms with Gasteiger partial charge in [0.25, 0.3) is 0 Å². The Labute approximate surface area is 114 Å². The summed E-state index contributed by atoms with van der Waals surface area (Å²) in [5, 5.41) is 9.49.